The molecule has 0 aromatic heterocycles. The average Bonchev–Trinajstić information content (AvgIpc) is 3.30. The minimum absolute atomic E-state index is 0.612. The molecule has 0 aromatic rings. The predicted molar refractivity (Wildman–Crippen MR) is 182 cm³/mol. The third kappa shape index (κ3) is 8.68. The van der Waals surface area contributed by atoms with Crippen molar-refractivity contribution < 1.29 is 0 Å². The molecule has 4 saturated carbocycles. The van der Waals surface area contributed by atoms with Gasteiger partial charge in [-0.1, -0.05) is 34.6 Å². The molecule has 0 amide bonds. The van der Waals surface area contributed by atoms with Crippen molar-refractivity contribution in [2.24, 2.45) is 52.1 Å². The fraction of sp³-hybridized carbons (Fsp3) is 1.00. The molecule has 0 spiro atoms. The van der Waals surface area contributed by atoms with Gasteiger partial charge in [0.05, 0.1) is 0 Å². The Hall–Kier alpha value is 0.190. The van der Waals surface area contributed by atoms with Crippen molar-refractivity contribution in [2.75, 3.05) is 45.0 Å². The van der Waals surface area contributed by atoms with E-state index in [-0.39, 0.29) is 0 Å². The van der Waals surface area contributed by atoms with Gasteiger partial charge in [0.2, 0.25) is 0 Å². The predicted octanol–water partition coefficient (Wildman–Crippen LogP) is 7.47. The maximum atomic E-state index is 5.55. The molecule has 0 saturated heterocycles. The van der Waals surface area contributed by atoms with Crippen LogP contribution in [0.1, 0.15) is 125 Å². The van der Waals surface area contributed by atoms with Crippen LogP contribution in [0.5, 0.6) is 0 Å². The largest absolute Gasteiger partial charge is 0.330 e. The van der Waals surface area contributed by atoms with Gasteiger partial charge in [-0.3, -0.25) is 0 Å². The van der Waals surface area contributed by atoms with Gasteiger partial charge in [-0.05, 0) is 187 Å². The van der Waals surface area contributed by atoms with Gasteiger partial charge in [0.1, 0.15) is 0 Å². The second-order valence-electron chi connectivity index (χ2n) is 15.7. The molecule has 0 heterocycles. The first-order valence-electron chi connectivity index (χ1n) is 18.3. The first kappa shape index (κ1) is 34.1. The third-order valence-electron chi connectivity index (χ3n) is 12.9. The lowest BCUT2D eigenvalue weighted by Crippen LogP contribution is -2.55. The Labute approximate surface area is 260 Å². The summed E-state index contributed by atoms with van der Waals surface area (Å²) in [6.45, 7) is 19.3. The molecule has 4 nitrogen and oxygen atoms in total. The van der Waals surface area contributed by atoms with Gasteiger partial charge < -0.3 is 21.7 Å². The lowest BCUT2D eigenvalue weighted by Gasteiger charge is -2.61. The summed E-state index contributed by atoms with van der Waals surface area (Å²) in [6, 6.07) is 0.762. The summed E-state index contributed by atoms with van der Waals surface area (Å²) < 4.78 is 0. The van der Waals surface area contributed by atoms with E-state index in [1.165, 1.54) is 95.8 Å². The fourth-order valence-electron chi connectivity index (χ4n) is 10.6. The number of thioether (sulfide) groups is 1. The van der Waals surface area contributed by atoms with E-state index < -0.39 is 0 Å². The summed E-state index contributed by atoms with van der Waals surface area (Å²) in [4.78, 5) is 0. The molecule has 4 aliphatic carbocycles. The Bertz CT molecular complexity index is 747. The molecule has 41 heavy (non-hydrogen) atoms. The average molecular weight is 591 g/mol. The van der Waals surface area contributed by atoms with Crippen LogP contribution in [0.15, 0.2) is 0 Å². The van der Waals surface area contributed by atoms with Crippen LogP contribution in [0, 0.1) is 46.3 Å². The standard InChI is InChI=1S/C36H70N4S/c1-27(2)41-25-16-28(3)32-12-13-33-31-11-10-29-26-30(14-17-35(29,4)34(31)15-18-36(32,33)5)40-24-9-23-39-21-7-6-20-38-22-8-19-37/h27-34,38-40H,6-26,37H2,1-5H3/t28-,29+,30+,31?,32-,33?,34?,35+,36-/m1/s1. The minimum atomic E-state index is 0.612. The summed E-state index contributed by atoms with van der Waals surface area (Å²) in [6.07, 6.45) is 19.8. The maximum Gasteiger partial charge on any atom is 0.00701 e. The molecule has 0 radical (unpaired) electrons. The van der Waals surface area contributed by atoms with Crippen LogP contribution in [-0.2, 0) is 0 Å². The zero-order valence-electron chi connectivity index (χ0n) is 28.0. The van der Waals surface area contributed by atoms with Crippen molar-refractivity contribution in [3.63, 3.8) is 0 Å². The quantitative estimate of drug-likeness (QED) is 0.125. The molecule has 5 heteroatoms. The van der Waals surface area contributed by atoms with Gasteiger partial charge in [-0.15, -0.1) is 0 Å². The first-order valence-corrected chi connectivity index (χ1v) is 19.3. The summed E-state index contributed by atoms with van der Waals surface area (Å²) >= 11 is 2.18. The van der Waals surface area contributed by atoms with Crippen LogP contribution >= 0.6 is 11.8 Å². The minimum Gasteiger partial charge on any atom is -0.330 e. The van der Waals surface area contributed by atoms with Gasteiger partial charge in [0.25, 0.3) is 0 Å². The van der Waals surface area contributed by atoms with Crippen LogP contribution in [-0.4, -0.2) is 56.3 Å². The van der Waals surface area contributed by atoms with E-state index >= 15 is 0 Å². The van der Waals surface area contributed by atoms with Gasteiger partial charge in [0.15, 0.2) is 0 Å². The number of hydrogen-bond donors (Lipinski definition) is 4. The molecule has 4 rings (SSSR count). The first-order chi connectivity index (χ1) is 19.8. The van der Waals surface area contributed by atoms with Crippen LogP contribution in [0.2, 0.25) is 0 Å². The molecule has 4 fully saturated rings. The number of fused-ring (bicyclic) bond motifs is 5. The van der Waals surface area contributed by atoms with E-state index in [1.54, 1.807) is 0 Å². The Morgan fingerprint density at radius 1 is 0.756 bits per heavy atom. The molecule has 3 unspecified atom stereocenters. The van der Waals surface area contributed by atoms with E-state index in [2.05, 4.69) is 62.3 Å². The van der Waals surface area contributed by atoms with E-state index in [4.69, 9.17) is 5.73 Å². The summed E-state index contributed by atoms with van der Waals surface area (Å²) in [5, 5.41) is 11.9. The summed E-state index contributed by atoms with van der Waals surface area (Å²) in [5.74, 6) is 7.25. The molecular weight excluding hydrogens is 520 g/mol. The van der Waals surface area contributed by atoms with Gasteiger partial charge in [-0.25, -0.2) is 0 Å². The van der Waals surface area contributed by atoms with Crippen LogP contribution < -0.4 is 21.7 Å². The fourth-order valence-corrected chi connectivity index (χ4v) is 11.6. The Kier molecular flexibility index (Phi) is 13.7. The zero-order chi connectivity index (χ0) is 29.3. The highest BCUT2D eigenvalue weighted by Crippen LogP contribution is 2.68. The van der Waals surface area contributed by atoms with E-state index in [9.17, 15) is 0 Å². The number of nitrogens with two attached hydrogens (primary N) is 1. The second kappa shape index (κ2) is 16.5. The number of nitrogens with one attached hydrogen (secondary N) is 3. The summed E-state index contributed by atoms with van der Waals surface area (Å²) in [5.41, 5.74) is 6.78. The van der Waals surface area contributed by atoms with E-state index in [0.29, 0.717) is 10.8 Å². The maximum absolute atomic E-state index is 5.55. The molecular formula is C36H70N4S. The summed E-state index contributed by atoms with van der Waals surface area (Å²) in [7, 11) is 0. The van der Waals surface area contributed by atoms with Crippen LogP contribution in [0.3, 0.4) is 0 Å². The highest BCUT2D eigenvalue weighted by molar-refractivity contribution is 7.99. The third-order valence-corrected chi connectivity index (χ3v) is 14.1. The highest BCUT2D eigenvalue weighted by atomic mass is 32.2. The number of unbranched alkanes of at least 4 members (excludes halogenated alkanes) is 1. The van der Waals surface area contributed by atoms with Crippen molar-refractivity contribution in [3.05, 3.63) is 0 Å². The van der Waals surface area contributed by atoms with Crippen molar-refractivity contribution in [3.8, 4) is 0 Å². The normalized spacial score (nSPS) is 37.5. The monoisotopic (exact) mass is 591 g/mol. The van der Waals surface area contributed by atoms with E-state index in [0.717, 1.165) is 85.9 Å². The topological polar surface area (TPSA) is 62.1 Å². The highest BCUT2D eigenvalue weighted by Gasteiger charge is 2.60. The van der Waals surface area contributed by atoms with Gasteiger partial charge >= 0.3 is 0 Å². The van der Waals surface area contributed by atoms with Crippen LogP contribution in [0.4, 0.5) is 0 Å². The number of hydrogen-bond acceptors (Lipinski definition) is 5. The van der Waals surface area contributed by atoms with Gasteiger partial charge in [-0.2, -0.15) is 11.8 Å². The van der Waals surface area contributed by atoms with Crippen molar-refractivity contribution in [1.82, 2.24) is 16.0 Å². The van der Waals surface area contributed by atoms with Crippen molar-refractivity contribution in [2.45, 2.75) is 136 Å². The Morgan fingerprint density at radius 3 is 2.17 bits per heavy atom. The molecule has 5 N–H and O–H groups in total. The molecule has 0 aliphatic heterocycles. The van der Waals surface area contributed by atoms with Crippen molar-refractivity contribution in [1.29, 1.82) is 0 Å². The Balaban J connectivity index is 1.16. The van der Waals surface area contributed by atoms with Crippen molar-refractivity contribution >= 4 is 11.8 Å². The Morgan fingerprint density at radius 2 is 1.44 bits per heavy atom. The molecule has 0 bridgehead atoms. The van der Waals surface area contributed by atoms with E-state index in [1.807, 2.05) is 0 Å². The van der Waals surface area contributed by atoms with Crippen LogP contribution in [0.25, 0.3) is 0 Å². The zero-order valence-corrected chi connectivity index (χ0v) is 28.8. The lowest BCUT2D eigenvalue weighted by molar-refractivity contribution is -0.117. The number of rotatable bonds is 18. The molecule has 0 aromatic carbocycles. The van der Waals surface area contributed by atoms with Gasteiger partial charge in [0, 0.05) is 6.04 Å². The SMILES string of the molecule is CC(C)SCC[C@@H](C)[C@H]1CCC2C3CC[C@H]4C[C@@H](NCCCNCCCCNCCCN)CC[C@]4(C)C3CC[C@@]21C. The second-order valence-corrected chi connectivity index (χ2v) is 17.4. The smallest absolute Gasteiger partial charge is 0.00701 e. The lowest BCUT2D eigenvalue weighted by atomic mass is 9.44. The molecule has 4 aliphatic rings. The molecule has 9 atom stereocenters. The molecule has 240 valence electrons.